The van der Waals surface area contributed by atoms with Crippen molar-refractivity contribution < 1.29 is 0 Å². The quantitative estimate of drug-likeness (QED) is 0.753. The molecule has 2 rings (SSSR count). The van der Waals surface area contributed by atoms with Gasteiger partial charge in [-0.15, -0.1) is 13.2 Å². The number of H-pyrrole nitrogens is 1. The smallest absolute Gasteiger partial charge is 0.285 e. The second-order valence-corrected chi connectivity index (χ2v) is 3.57. The number of nitrogens with one attached hydrogen (secondary N) is 1. The van der Waals surface area contributed by atoms with Crippen LogP contribution in [-0.4, -0.2) is 19.7 Å². The molecule has 0 saturated heterocycles. The molecule has 0 saturated carbocycles. The van der Waals surface area contributed by atoms with E-state index in [4.69, 9.17) is 5.73 Å². The van der Waals surface area contributed by atoms with Crippen LogP contribution < -0.4 is 11.3 Å². The Morgan fingerprint density at radius 1 is 1.35 bits per heavy atom. The molecule has 0 spiro atoms. The van der Waals surface area contributed by atoms with Crippen molar-refractivity contribution in [1.82, 2.24) is 19.7 Å². The van der Waals surface area contributed by atoms with E-state index in [0.717, 1.165) is 5.69 Å². The number of hydrogen-bond acceptors (Lipinski definition) is 4. The highest BCUT2D eigenvalue weighted by atomic mass is 16.1. The lowest BCUT2D eigenvalue weighted by molar-refractivity contribution is 0.689. The van der Waals surface area contributed by atoms with Gasteiger partial charge in [-0.1, -0.05) is 12.2 Å². The molecular formula is C11H13N5O. The molecule has 17 heavy (non-hydrogen) atoms. The van der Waals surface area contributed by atoms with Gasteiger partial charge in [0.25, 0.3) is 5.56 Å². The van der Waals surface area contributed by atoms with Gasteiger partial charge in [-0.2, -0.15) is 9.97 Å². The van der Waals surface area contributed by atoms with Crippen LogP contribution in [0.5, 0.6) is 0 Å². The van der Waals surface area contributed by atoms with E-state index in [9.17, 15) is 4.79 Å². The van der Waals surface area contributed by atoms with Crippen LogP contribution in [0.3, 0.4) is 0 Å². The van der Waals surface area contributed by atoms with E-state index in [-0.39, 0.29) is 11.5 Å². The zero-order chi connectivity index (χ0) is 12.4. The molecule has 0 unspecified atom stereocenters. The summed E-state index contributed by atoms with van der Waals surface area (Å²) < 4.78 is 1.71. The summed E-state index contributed by atoms with van der Waals surface area (Å²) >= 11 is 0. The van der Waals surface area contributed by atoms with Crippen molar-refractivity contribution in [3.8, 4) is 11.4 Å². The molecular weight excluding hydrogens is 218 g/mol. The van der Waals surface area contributed by atoms with Crippen LogP contribution in [0.4, 0.5) is 5.95 Å². The summed E-state index contributed by atoms with van der Waals surface area (Å²) in [4.78, 5) is 19.5. The number of aromatic amines is 1. The number of fused-ring (bicyclic) bond motifs is 1. The van der Waals surface area contributed by atoms with E-state index in [1.54, 1.807) is 16.8 Å². The molecule has 0 atom stereocenters. The Morgan fingerprint density at radius 3 is 2.76 bits per heavy atom. The summed E-state index contributed by atoms with van der Waals surface area (Å²) in [7, 11) is 0. The van der Waals surface area contributed by atoms with Crippen molar-refractivity contribution in [1.29, 1.82) is 0 Å². The van der Waals surface area contributed by atoms with Crippen molar-refractivity contribution in [3.05, 3.63) is 41.4 Å². The van der Waals surface area contributed by atoms with Crippen LogP contribution in [0.15, 0.2) is 30.1 Å². The number of aromatic nitrogens is 4. The SMILES string of the molecule is C=CCc1[nH]n(CC=C)c2nc(N)nc(=O)c1-2. The molecule has 0 aromatic heterocycles. The fraction of sp³-hybridized carbons (Fsp3) is 0.182. The van der Waals surface area contributed by atoms with Crippen LogP contribution in [0, 0.1) is 0 Å². The van der Waals surface area contributed by atoms with Crippen LogP contribution in [-0.2, 0) is 13.0 Å². The molecule has 0 amide bonds. The van der Waals surface area contributed by atoms with Crippen LogP contribution in [0.1, 0.15) is 5.69 Å². The van der Waals surface area contributed by atoms with Gasteiger partial charge in [0.15, 0.2) is 5.82 Å². The zero-order valence-electron chi connectivity index (χ0n) is 9.31. The lowest BCUT2D eigenvalue weighted by atomic mass is 10.2. The number of anilines is 1. The Bertz CT molecular complexity index is 595. The molecule has 6 nitrogen and oxygen atoms in total. The first-order chi connectivity index (χ1) is 8.17. The first kappa shape index (κ1) is 11.1. The standard InChI is InChI=1S/C11H13N5O/c1-3-5-7-8-9(16(15-7)6-4-2)13-11(12)14-10(8)17/h3-4,15H,1-2,5-6H2,(H2,12,14,17). The zero-order valence-corrected chi connectivity index (χ0v) is 9.31. The molecule has 0 fully saturated rings. The average molecular weight is 231 g/mol. The monoisotopic (exact) mass is 231 g/mol. The van der Waals surface area contributed by atoms with Crippen molar-refractivity contribution in [2.45, 2.75) is 13.0 Å². The second-order valence-electron chi connectivity index (χ2n) is 3.57. The van der Waals surface area contributed by atoms with E-state index < -0.39 is 0 Å². The molecule has 0 bridgehead atoms. The third kappa shape index (κ3) is 1.84. The molecule has 0 aromatic rings. The van der Waals surface area contributed by atoms with Gasteiger partial charge in [0, 0.05) is 6.42 Å². The maximum absolute atomic E-state index is 11.8. The first-order valence-corrected chi connectivity index (χ1v) is 5.14. The average Bonchev–Trinajstić information content (AvgIpc) is 2.58. The third-order valence-corrected chi connectivity index (χ3v) is 2.36. The predicted molar refractivity (Wildman–Crippen MR) is 65.8 cm³/mol. The van der Waals surface area contributed by atoms with Gasteiger partial charge < -0.3 is 5.73 Å². The van der Waals surface area contributed by atoms with E-state index in [0.29, 0.717) is 24.4 Å². The Balaban J connectivity index is 2.72. The Morgan fingerprint density at radius 2 is 2.12 bits per heavy atom. The summed E-state index contributed by atoms with van der Waals surface area (Å²) in [6.45, 7) is 7.81. The molecule has 0 radical (unpaired) electrons. The van der Waals surface area contributed by atoms with Gasteiger partial charge in [-0.05, 0) is 0 Å². The van der Waals surface area contributed by atoms with E-state index >= 15 is 0 Å². The minimum atomic E-state index is -0.372. The minimum Gasteiger partial charge on any atom is -0.368 e. The minimum absolute atomic E-state index is 0.0236. The number of rotatable bonds is 4. The Labute approximate surface area is 97.8 Å². The molecule has 2 aliphatic heterocycles. The largest absolute Gasteiger partial charge is 0.368 e. The second kappa shape index (κ2) is 4.25. The van der Waals surface area contributed by atoms with Gasteiger partial charge in [0.2, 0.25) is 5.95 Å². The molecule has 3 N–H and O–H groups in total. The van der Waals surface area contributed by atoms with Crippen LogP contribution in [0.25, 0.3) is 11.4 Å². The molecule has 0 aromatic carbocycles. The van der Waals surface area contributed by atoms with Crippen molar-refractivity contribution in [2.75, 3.05) is 5.73 Å². The number of hydrogen-bond donors (Lipinski definition) is 2. The highest BCUT2D eigenvalue weighted by Gasteiger charge is 2.20. The van der Waals surface area contributed by atoms with E-state index in [1.807, 2.05) is 0 Å². The highest BCUT2D eigenvalue weighted by Crippen LogP contribution is 2.20. The first-order valence-electron chi connectivity index (χ1n) is 5.14. The number of nitrogens with two attached hydrogens (primary N) is 1. The molecule has 88 valence electrons. The van der Waals surface area contributed by atoms with Crippen molar-refractivity contribution >= 4 is 5.95 Å². The normalized spacial score (nSPS) is 10.6. The van der Waals surface area contributed by atoms with E-state index in [2.05, 4.69) is 28.2 Å². The van der Waals surface area contributed by atoms with Crippen LogP contribution >= 0.6 is 0 Å². The number of allylic oxidation sites excluding steroid dienone is 2. The maximum Gasteiger partial charge on any atom is 0.285 e. The van der Waals surface area contributed by atoms with Crippen LogP contribution in [0.2, 0.25) is 0 Å². The summed E-state index contributed by atoms with van der Waals surface area (Å²) in [5, 5.41) is 3.08. The number of nitrogen functional groups attached to an aromatic ring is 1. The topological polar surface area (TPSA) is 89.6 Å². The van der Waals surface area contributed by atoms with Crippen molar-refractivity contribution in [2.24, 2.45) is 0 Å². The van der Waals surface area contributed by atoms with Gasteiger partial charge >= 0.3 is 0 Å². The molecule has 2 aliphatic rings. The van der Waals surface area contributed by atoms with Gasteiger partial charge in [-0.25, -0.2) is 0 Å². The fourth-order valence-electron chi connectivity index (χ4n) is 1.73. The molecule has 6 heteroatoms. The fourth-order valence-corrected chi connectivity index (χ4v) is 1.73. The lowest BCUT2D eigenvalue weighted by Crippen LogP contribution is -2.16. The Kier molecular flexibility index (Phi) is 2.78. The Hall–Kier alpha value is -2.37. The highest BCUT2D eigenvalue weighted by molar-refractivity contribution is 5.60. The summed E-state index contributed by atoms with van der Waals surface area (Å²) in [6, 6.07) is 0. The maximum atomic E-state index is 11.8. The summed E-state index contributed by atoms with van der Waals surface area (Å²) in [5.74, 6) is 0.476. The third-order valence-electron chi connectivity index (χ3n) is 2.36. The van der Waals surface area contributed by atoms with Gasteiger partial charge in [0.05, 0.1) is 12.2 Å². The lowest BCUT2D eigenvalue weighted by Gasteiger charge is -2.02. The van der Waals surface area contributed by atoms with E-state index in [1.165, 1.54) is 0 Å². The van der Waals surface area contributed by atoms with Crippen molar-refractivity contribution in [3.63, 3.8) is 0 Å². The molecule has 0 aliphatic carbocycles. The molecule has 2 heterocycles. The summed E-state index contributed by atoms with van der Waals surface area (Å²) in [6.07, 6.45) is 3.96. The summed E-state index contributed by atoms with van der Waals surface area (Å²) in [5.41, 5.74) is 6.30. The van der Waals surface area contributed by atoms with Gasteiger partial charge in [0.1, 0.15) is 5.56 Å². The number of nitrogens with zero attached hydrogens (tertiary/aromatic N) is 3. The van der Waals surface area contributed by atoms with Gasteiger partial charge in [-0.3, -0.25) is 14.6 Å². The predicted octanol–water partition coefficient (Wildman–Crippen LogP) is 0.568.